The third-order valence-corrected chi connectivity index (χ3v) is 6.70. The maximum atomic E-state index is 13.8. The number of carbonyl (C=O) groups is 1. The van der Waals surface area contributed by atoms with E-state index in [9.17, 15) is 9.18 Å². The summed E-state index contributed by atoms with van der Waals surface area (Å²) >= 11 is 0. The van der Waals surface area contributed by atoms with Gasteiger partial charge in [-0.1, -0.05) is 42.0 Å². The largest absolute Gasteiger partial charge is 0.455 e. The molecular formula is C28H31FN2O4. The van der Waals surface area contributed by atoms with E-state index in [1.54, 1.807) is 23.1 Å². The summed E-state index contributed by atoms with van der Waals surface area (Å²) in [7, 11) is 0. The minimum Gasteiger partial charge on any atom is -0.455 e. The zero-order valence-electron chi connectivity index (χ0n) is 20.0. The lowest BCUT2D eigenvalue weighted by molar-refractivity contribution is -0.181. The molecule has 0 saturated carbocycles. The van der Waals surface area contributed by atoms with E-state index in [2.05, 4.69) is 36.1 Å². The minimum absolute atomic E-state index is 0.112. The fourth-order valence-corrected chi connectivity index (χ4v) is 4.80. The molecule has 3 heterocycles. The van der Waals surface area contributed by atoms with Crippen molar-refractivity contribution in [2.75, 3.05) is 26.3 Å². The summed E-state index contributed by atoms with van der Waals surface area (Å²) in [6.07, 6.45) is 1.34. The van der Waals surface area contributed by atoms with Crippen molar-refractivity contribution in [1.29, 1.82) is 0 Å². The molecule has 35 heavy (non-hydrogen) atoms. The lowest BCUT2D eigenvalue weighted by Gasteiger charge is -2.37. The summed E-state index contributed by atoms with van der Waals surface area (Å²) < 4.78 is 31.3. The molecule has 2 fully saturated rings. The number of rotatable bonds is 7. The first-order valence-corrected chi connectivity index (χ1v) is 12.2. The molecule has 2 aliphatic heterocycles. The number of hydrogen-bond donors (Lipinski definition) is 0. The van der Waals surface area contributed by atoms with Crippen molar-refractivity contribution < 1.29 is 23.1 Å². The van der Waals surface area contributed by atoms with Gasteiger partial charge in [0.15, 0.2) is 11.5 Å². The van der Waals surface area contributed by atoms with E-state index in [1.807, 2.05) is 12.1 Å². The van der Waals surface area contributed by atoms with E-state index in [0.29, 0.717) is 70.3 Å². The van der Waals surface area contributed by atoms with E-state index in [4.69, 9.17) is 13.9 Å². The average Bonchev–Trinajstić information content (AvgIpc) is 3.51. The first kappa shape index (κ1) is 23.7. The second-order valence-electron chi connectivity index (χ2n) is 9.43. The van der Waals surface area contributed by atoms with E-state index >= 15 is 0 Å². The Morgan fingerprint density at radius 2 is 1.66 bits per heavy atom. The maximum Gasteiger partial charge on any atom is 0.289 e. The van der Waals surface area contributed by atoms with E-state index < -0.39 is 5.79 Å². The van der Waals surface area contributed by atoms with Gasteiger partial charge in [0.1, 0.15) is 11.6 Å². The Labute approximate surface area is 205 Å². The van der Waals surface area contributed by atoms with Gasteiger partial charge in [0.25, 0.3) is 5.91 Å². The fourth-order valence-electron chi connectivity index (χ4n) is 4.80. The molecule has 1 aromatic heterocycles. The molecule has 2 aliphatic rings. The molecule has 1 spiro atoms. The average molecular weight is 479 g/mol. The molecular weight excluding hydrogens is 447 g/mol. The van der Waals surface area contributed by atoms with Crippen LogP contribution in [-0.2, 0) is 29.1 Å². The van der Waals surface area contributed by atoms with Crippen molar-refractivity contribution >= 4 is 5.91 Å². The van der Waals surface area contributed by atoms with Gasteiger partial charge < -0.3 is 18.8 Å². The Balaban J connectivity index is 1.26. The SMILES string of the molecule is Cc1ccc(CN(Cc2cccc(F)c2)Cc2ccc(C(=O)N3CCC4(CC3)OCCO4)o2)cc1. The van der Waals surface area contributed by atoms with Gasteiger partial charge in [-0.2, -0.15) is 0 Å². The van der Waals surface area contributed by atoms with Crippen LogP contribution in [0.1, 0.15) is 45.8 Å². The van der Waals surface area contributed by atoms with Crippen LogP contribution < -0.4 is 0 Å². The molecule has 2 aromatic carbocycles. The van der Waals surface area contributed by atoms with Crippen molar-refractivity contribution in [2.24, 2.45) is 0 Å². The number of furan rings is 1. The van der Waals surface area contributed by atoms with Crippen LogP contribution in [0.15, 0.2) is 65.1 Å². The zero-order valence-corrected chi connectivity index (χ0v) is 20.0. The zero-order chi connectivity index (χ0) is 24.3. The van der Waals surface area contributed by atoms with E-state index in [-0.39, 0.29) is 11.7 Å². The number of halogens is 1. The van der Waals surface area contributed by atoms with Gasteiger partial charge in [-0.3, -0.25) is 9.69 Å². The molecule has 0 atom stereocenters. The quantitative estimate of drug-likeness (QED) is 0.483. The van der Waals surface area contributed by atoms with Crippen LogP contribution in [0, 0.1) is 12.7 Å². The lowest BCUT2D eigenvalue weighted by Crippen LogP contribution is -2.47. The van der Waals surface area contributed by atoms with Crippen LogP contribution in [0.3, 0.4) is 0 Å². The molecule has 0 radical (unpaired) electrons. The third-order valence-electron chi connectivity index (χ3n) is 6.70. The third kappa shape index (κ3) is 5.81. The van der Waals surface area contributed by atoms with Crippen LogP contribution >= 0.6 is 0 Å². The predicted molar refractivity (Wildman–Crippen MR) is 129 cm³/mol. The Kier molecular flexibility index (Phi) is 7.00. The molecule has 3 aromatic rings. The molecule has 0 aliphatic carbocycles. The van der Waals surface area contributed by atoms with Gasteiger partial charge in [0.2, 0.25) is 0 Å². The number of hydrogen-bond acceptors (Lipinski definition) is 5. The molecule has 184 valence electrons. The Hall–Kier alpha value is -3.00. The van der Waals surface area contributed by atoms with Crippen LogP contribution in [0.25, 0.3) is 0 Å². The molecule has 1 amide bonds. The summed E-state index contributed by atoms with van der Waals surface area (Å²) in [6, 6.07) is 18.6. The van der Waals surface area contributed by atoms with E-state index in [1.165, 1.54) is 11.6 Å². The fraction of sp³-hybridized carbons (Fsp3) is 0.393. The van der Waals surface area contributed by atoms with Gasteiger partial charge >= 0.3 is 0 Å². The standard InChI is InChI=1S/C28H31FN2O4/c1-21-5-7-22(8-6-21)18-30(19-23-3-2-4-24(29)17-23)20-25-9-10-26(35-25)27(32)31-13-11-28(12-14-31)33-15-16-34-28/h2-10,17H,11-16,18-20H2,1H3. The van der Waals surface area contributed by atoms with Gasteiger partial charge in [-0.15, -0.1) is 0 Å². The molecule has 2 saturated heterocycles. The maximum absolute atomic E-state index is 13.8. The van der Waals surface area contributed by atoms with Crippen LogP contribution in [0.2, 0.25) is 0 Å². The highest BCUT2D eigenvalue weighted by Crippen LogP contribution is 2.32. The highest BCUT2D eigenvalue weighted by molar-refractivity contribution is 5.91. The first-order valence-electron chi connectivity index (χ1n) is 12.2. The Morgan fingerprint density at radius 3 is 2.37 bits per heavy atom. The summed E-state index contributed by atoms with van der Waals surface area (Å²) in [5.74, 6) is 0.163. The number of aryl methyl sites for hydroxylation is 1. The van der Waals surface area contributed by atoms with Crippen molar-refractivity contribution in [1.82, 2.24) is 9.80 Å². The monoisotopic (exact) mass is 478 g/mol. The molecule has 0 N–H and O–H groups in total. The van der Waals surface area contributed by atoms with Crippen molar-refractivity contribution in [3.05, 3.63) is 94.7 Å². The number of carbonyl (C=O) groups excluding carboxylic acids is 1. The highest BCUT2D eigenvalue weighted by atomic mass is 19.1. The Morgan fingerprint density at radius 1 is 0.943 bits per heavy atom. The second kappa shape index (κ2) is 10.3. The van der Waals surface area contributed by atoms with Gasteiger partial charge in [0.05, 0.1) is 19.8 Å². The summed E-state index contributed by atoms with van der Waals surface area (Å²) in [4.78, 5) is 17.0. The number of ether oxygens (including phenoxy) is 2. The highest BCUT2D eigenvalue weighted by Gasteiger charge is 2.41. The van der Waals surface area contributed by atoms with Gasteiger partial charge in [-0.25, -0.2) is 4.39 Å². The number of amides is 1. The van der Waals surface area contributed by atoms with Crippen molar-refractivity contribution in [3.8, 4) is 0 Å². The molecule has 7 heteroatoms. The van der Waals surface area contributed by atoms with Crippen LogP contribution in [0.5, 0.6) is 0 Å². The van der Waals surface area contributed by atoms with Crippen molar-refractivity contribution in [2.45, 2.75) is 45.2 Å². The summed E-state index contributed by atoms with van der Waals surface area (Å²) in [5, 5.41) is 0. The minimum atomic E-state index is -0.515. The first-order chi connectivity index (χ1) is 17.0. The summed E-state index contributed by atoms with van der Waals surface area (Å²) in [5.41, 5.74) is 3.25. The molecule has 0 unspecified atom stereocenters. The normalized spacial score (nSPS) is 17.4. The number of benzene rings is 2. The van der Waals surface area contributed by atoms with Crippen LogP contribution in [0.4, 0.5) is 4.39 Å². The smallest absolute Gasteiger partial charge is 0.289 e. The molecule has 6 nitrogen and oxygen atoms in total. The topological polar surface area (TPSA) is 55.2 Å². The molecule has 0 bridgehead atoms. The predicted octanol–water partition coefficient (Wildman–Crippen LogP) is 4.91. The molecule has 5 rings (SSSR count). The van der Waals surface area contributed by atoms with E-state index in [0.717, 1.165) is 11.1 Å². The lowest BCUT2D eigenvalue weighted by atomic mass is 10.0. The van der Waals surface area contributed by atoms with Gasteiger partial charge in [-0.05, 0) is 42.3 Å². The summed E-state index contributed by atoms with van der Waals surface area (Å²) in [6.45, 7) is 6.18. The number of nitrogens with zero attached hydrogens (tertiary/aromatic N) is 2. The Bertz CT molecular complexity index is 1140. The number of likely N-dealkylation sites (tertiary alicyclic amines) is 1. The van der Waals surface area contributed by atoms with Crippen molar-refractivity contribution in [3.63, 3.8) is 0 Å². The second-order valence-corrected chi connectivity index (χ2v) is 9.43. The van der Waals surface area contributed by atoms with Gasteiger partial charge in [0, 0.05) is 39.0 Å². The number of piperidine rings is 1. The van der Waals surface area contributed by atoms with Crippen LogP contribution in [-0.4, -0.2) is 47.8 Å².